The Kier molecular flexibility index (Phi) is 5.16. The fourth-order valence-corrected chi connectivity index (χ4v) is 4.35. The zero-order valence-electron chi connectivity index (χ0n) is 13.5. The molecule has 0 aromatic heterocycles. The standard InChI is InChI=1S/C18H21FN2O2S/c19-16-6-8-18(9-7-16)24(22,23)15-14-20-10-12-21(13-11-20)17-4-2-1-3-5-17/h1-9H,10-15H2/p+1. The Bertz CT molecular complexity index is 755. The van der Waals surface area contributed by atoms with Gasteiger partial charge in [-0.05, 0) is 36.4 Å². The summed E-state index contributed by atoms with van der Waals surface area (Å²) in [4.78, 5) is 3.83. The minimum absolute atomic E-state index is 0.0965. The Morgan fingerprint density at radius 2 is 1.58 bits per heavy atom. The number of sulfone groups is 1. The normalized spacial score (nSPS) is 16.3. The second kappa shape index (κ2) is 7.32. The van der Waals surface area contributed by atoms with E-state index in [0.717, 1.165) is 26.2 Å². The van der Waals surface area contributed by atoms with Gasteiger partial charge in [-0.15, -0.1) is 0 Å². The first kappa shape index (κ1) is 16.9. The maximum Gasteiger partial charge on any atom is 0.183 e. The highest BCUT2D eigenvalue weighted by atomic mass is 32.2. The highest BCUT2D eigenvalue weighted by molar-refractivity contribution is 7.91. The van der Waals surface area contributed by atoms with Crippen LogP contribution in [0.25, 0.3) is 0 Å². The lowest BCUT2D eigenvalue weighted by molar-refractivity contribution is -0.898. The molecule has 128 valence electrons. The predicted molar refractivity (Wildman–Crippen MR) is 92.7 cm³/mol. The van der Waals surface area contributed by atoms with Gasteiger partial charge >= 0.3 is 0 Å². The molecule has 0 aliphatic carbocycles. The number of anilines is 1. The Morgan fingerprint density at radius 3 is 2.21 bits per heavy atom. The number of benzene rings is 2. The van der Waals surface area contributed by atoms with Gasteiger partial charge < -0.3 is 9.80 Å². The number of quaternary nitrogens is 1. The van der Waals surface area contributed by atoms with Crippen molar-refractivity contribution in [1.82, 2.24) is 0 Å². The van der Waals surface area contributed by atoms with E-state index in [-0.39, 0.29) is 10.6 Å². The van der Waals surface area contributed by atoms with Gasteiger partial charge in [-0.25, -0.2) is 12.8 Å². The van der Waals surface area contributed by atoms with Crippen molar-refractivity contribution in [3.8, 4) is 0 Å². The maximum atomic E-state index is 12.9. The molecule has 4 nitrogen and oxygen atoms in total. The Labute approximate surface area is 142 Å². The molecule has 1 aliphatic rings. The molecule has 0 spiro atoms. The van der Waals surface area contributed by atoms with Crippen LogP contribution in [-0.4, -0.2) is 46.9 Å². The lowest BCUT2D eigenvalue weighted by Crippen LogP contribution is -3.15. The summed E-state index contributed by atoms with van der Waals surface area (Å²) in [6.45, 7) is 4.29. The molecular weight excluding hydrogens is 327 g/mol. The Morgan fingerprint density at radius 1 is 0.958 bits per heavy atom. The number of piperazine rings is 1. The van der Waals surface area contributed by atoms with Gasteiger partial charge in [0.2, 0.25) is 0 Å². The second-order valence-corrected chi connectivity index (χ2v) is 8.20. The van der Waals surface area contributed by atoms with Crippen LogP contribution in [0, 0.1) is 5.82 Å². The fraction of sp³-hybridized carbons (Fsp3) is 0.333. The van der Waals surface area contributed by atoms with Gasteiger partial charge in [-0.3, -0.25) is 0 Å². The molecule has 1 aliphatic heterocycles. The van der Waals surface area contributed by atoms with Gasteiger partial charge in [0.25, 0.3) is 0 Å². The number of para-hydroxylation sites is 1. The quantitative estimate of drug-likeness (QED) is 0.819. The molecule has 24 heavy (non-hydrogen) atoms. The fourth-order valence-electron chi connectivity index (χ4n) is 3.01. The summed E-state index contributed by atoms with van der Waals surface area (Å²) in [5.74, 6) is -0.323. The van der Waals surface area contributed by atoms with E-state index in [1.165, 1.54) is 34.9 Å². The number of hydrogen-bond acceptors (Lipinski definition) is 3. The van der Waals surface area contributed by atoms with E-state index in [9.17, 15) is 12.8 Å². The van der Waals surface area contributed by atoms with Crippen molar-refractivity contribution in [3.63, 3.8) is 0 Å². The minimum atomic E-state index is -3.34. The van der Waals surface area contributed by atoms with Crippen molar-refractivity contribution >= 4 is 15.5 Å². The molecule has 2 aromatic rings. The van der Waals surface area contributed by atoms with Crippen molar-refractivity contribution in [3.05, 3.63) is 60.4 Å². The van der Waals surface area contributed by atoms with Crippen LogP contribution in [0.1, 0.15) is 0 Å². The van der Waals surface area contributed by atoms with Gasteiger partial charge in [0.05, 0.1) is 37.6 Å². The molecular formula is C18H22FN2O2S+. The molecule has 1 saturated heterocycles. The average Bonchev–Trinajstić information content (AvgIpc) is 2.62. The molecule has 2 aromatic carbocycles. The van der Waals surface area contributed by atoms with Gasteiger partial charge in [-0.1, -0.05) is 18.2 Å². The van der Waals surface area contributed by atoms with E-state index in [0.29, 0.717) is 6.54 Å². The summed E-state index contributed by atoms with van der Waals surface area (Å²) >= 11 is 0. The molecule has 1 N–H and O–H groups in total. The number of rotatable bonds is 5. The largest absolute Gasteiger partial charge is 0.360 e. The summed E-state index contributed by atoms with van der Waals surface area (Å²) in [6.07, 6.45) is 0. The lowest BCUT2D eigenvalue weighted by atomic mass is 10.2. The third-order valence-corrected chi connectivity index (χ3v) is 6.22. The first-order valence-corrected chi connectivity index (χ1v) is 9.82. The van der Waals surface area contributed by atoms with E-state index in [1.54, 1.807) is 0 Å². The summed E-state index contributed by atoms with van der Waals surface area (Å²) in [5, 5.41) is 0. The van der Waals surface area contributed by atoms with E-state index in [4.69, 9.17) is 0 Å². The van der Waals surface area contributed by atoms with Gasteiger partial charge in [0, 0.05) is 5.69 Å². The Balaban J connectivity index is 1.52. The van der Waals surface area contributed by atoms with Crippen LogP contribution in [0.15, 0.2) is 59.5 Å². The highest BCUT2D eigenvalue weighted by Gasteiger charge is 2.23. The number of nitrogens with zero attached hydrogens (tertiary/aromatic N) is 1. The Hall–Kier alpha value is -1.92. The van der Waals surface area contributed by atoms with E-state index in [1.807, 2.05) is 18.2 Å². The van der Waals surface area contributed by atoms with Crippen LogP contribution in [0.3, 0.4) is 0 Å². The summed E-state index contributed by atoms with van der Waals surface area (Å²) in [7, 11) is -3.34. The minimum Gasteiger partial charge on any atom is -0.360 e. The maximum absolute atomic E-state index is 12.9. The van der Waals surface area contributed by atoms with Crippen LogP contribution in [0.2, 0.25) is 0 Å². The lowest BCUT2D eigenvalue weighted by Gasteiger charge is -2.33. The molecule has 0 atom stereocenters. The monoisotopic (exact) mass is 349 g/mol. The number of hydrogen-bond donors (Lipinski definition) is 1. The topological polar surface area (TPSA) is 41.8 Å². The summed E-state index contributed by atoms with van der Waals surface area (Å²) in [6, 6.07) is 15.3. The highest BCUT2D eigenvalue weighted by Crippen LogP contribution is 2.13. The van der Waals surface area contributed by atoms with E-state index >= 15 is 0 Å². The molecule has 0 bridgehead atoms. The zero-order chi connectivity index (χ0) is 17.0. The van der Waals surface area contributed by atoms with Crippen molar-refractivity contribution in [2.24, 2.45) is 0 Å². The molecule has 0 unspecified atom stereocenters. The van der Waals surface area contributed by atoms with Crippen molar-refractivity contribution in [2.75, 3.05) is 43.4 Å². The SMILES string of the molecule is O=S(=O)(CC[NH+]1CCN(c2ccccc2)CC1)c1ccc(F)cc1. The van der Waals surface area contributed by atoms with Crippen molar-refractivity contribution in [1.29, 1.82) is 0 Å². The van der Waals surface area contributed by atoms with Crippen LogP contribution < -0.4 is 9.80 Å². The molecule has 3 rings (SSSR count). The molecule has 1 heterocycles. The van der Waals surface area contributed by atoms with Gasteiger partial charge in [-0.2, -0.15) is 0 Å². The predicted octanol–water partition coefficient (Wildman–Crippen LogP) is 1.00. The average molecular weight is 349 g/mol. The summed E-state index contributed by atoms with van der Waals surface area (Å²) < 4.78 is 37.6. The first-order chi connectivity index (χ1) is 11.5. The van der Waals surface area contributed by atoms with Crippen molar-refractivity contribution in [2.45, 2.75) is 4.90 Å². The molecule has 0 saturated carbocycles. The number of nitrogens with one attached hydrogen (secondary N) is 1. The van der Waals surface area contributed by atoms with Crippen LogP contribution in [-0.2, 0) is 9.84 Å². The van der Waals surface area contributed by atoms with Gasteiger partial charge in [0.15, 0.2) is 9.84 Å². The van der Waals surface area contributed by atoms with E-state index < -0.39 is 15.7 Å². The number of halogens is 1. The molecule has 0 amide bonds. The van der Waals surface area contributed by atoms with Crippen LogP contribution in [0.5, 0.6) is 0 Å². The van der Waals surface area contributed by atoms with E-state index in [2.05, 4.69) is 17.0 Å². The molecule has 0 radical (unpaired) electrons. The smallest absolute Gasteiger partial charge is 0.183 e. The van der Waals surface area contributed by atoms with Crippen LogP contribution >= 0.6 is 0 Å². The van der Waals surface area contributed by atoms with Crippen molar-refractivity contribution < 1.29 is 17.7 Å². The molecule has 6 heteroatoms. The summed E-state index contributed by atoms with van der Waals surface area (Å²) in [5.41, 5.74) is 1.22. The first-order valence-electron chi connectivity index (χ1n) is 8.16. The third kappa shape index (κ3) is 4.13. The zero-order valence-corrected chi connectivity index (χ0v) is 14.3. The van der Waals surface area contributed by atoms with Gasteiger partial charge in [0.1, 0.15) is 11.6 Å². The molecule has 1 fully saturated rings. The third-order valence-electron chi connectivity index (χ3n) is 4.49. The van der Waals surface area contributed by atoms with Crippen LogP contribution in [0.4, 0.5) is 10.1 Å². The second-order valence-electron chi connectivity index (χ2n) is 6.10.